The second-order valence-electron chi connectivity index (χ2n) is 6.93. The fourth-order valence-electron chi connectivity index (χ4n) is 3.78. The monoisotopic (exact) mass is 364 g/mol. The topological polar surface area (TPSA) is 24.8 Å². The molecule has 28 heavy (non-hydrogen) atoms. The number of fused-ring (bicyclic) bond motifs is 2. The van der Waals surface area contributed by atoms with Gasteiger partial charge in [0, 0.05) is 23.4 Å². The standard InChI is InChI=1S/C25H20N2O/c1-2-7-19(8-3-1)20-12-13-25-21(17-20)18-27(15-16-28-25)24-11-6-14-26-23-10-5-4-9-22(23)24/h1-5,7-14,17H,15-16,18H2. The van der Waals surface area contributed by atoms with Crippen LogP contribution in [0.15, 0.2) is 95.8 Å². The Hall–Kier alpha value is -3.55. The molecule has 3 aromatic rings. The first-order chi connectivity index (χ1) is 13.9. The molecule has 0 amide bonds. The Kier molecular flexibility index (Phi) is 4.29. The van der Waals surface area contributed by atoms with Crippen molar-refractivity contribution in [3.05, 3.63) is 107 Å². The molecule has 3 aromatic carbocycles. The van der Waals surface area contributed by atoms with Gasteiger partial charge in [0.15, 0.2) is 0 Å². The van der Waals surface area contributed by atoms with Crippen molar-refractivity contribution in [2.24, 2.45) is 4.99 Å². The molecule has 0 atom stereocenters. The summed E-state index contributed by atoms with van der Waals surface area (Å²) in [6, 6.07) is 25.2. The molecule has 0 N–H and O–H groups in total. The Morgan fingerprint density at radius 1 is 0.893 bits per heavy atom. The smallest absolute Gasteiger partial charge is 0.124 e. The molecular formula is C25H20N2O. The van der Waals surface area contributed by atoms with Crippen LogP contribution in [-0.4, -0.2) is 18.1 Å². The zero-order chi connectivity index (χ0) is 18.8. The maximum absolute atomic E-state index is 6.06. The second kappa shape index (κ2) is 7.22. The minimum atomic E-state index is 0.651. The van der Waals surface area contributed by atoms with Crippen LogP contribution >= 0.6 is 0 Å². The van der Waals surface area contributed by atoms with Crippen LogP contribution < -0.4 is 15.3 Å². The highest BCUT2D eigenvalue weighted by molar-refractivity contribution is 5.66. The molecule has 2 aliphatic rings. The van der Waals surface area contributed by atoms with Gasteiger partial charge in [-0.2, -0.15) is 0 Å². The summed E-state index contributed by atoms with van der Waals surface area (Å²) in [7, 11) is 0. The minimum Gasteiger partial charge on any atom is -0.491 e. The first-order valence-corrected chi connectivity index (χ1v) is 9.53. The van der Waals surface area contributed by atoms with Crippen molar-refractivity contribution in [1.29, 1.82) is 0 Å². The highest BCUT2D eigenvalue weighted by Gasteiger charge is 2.18. The van der Waals surface area contributed by atoms with Gasteiger partial charge in [-0.05, 0) is 29.3 Å². The Bertz CT molecular complexity index is 1200. The lowest BCUT2D eigenvalue weighted by Gasteiger charge is -2.23. The number of benzene rings is 3. The van der Waals surface area contributed by atoms with E-state index in [0.29, 0.717) is 6.61 Å². The molecule has 0 saturated heterocycles. The van der Waals surface area contributed by atoms with Crippen LogP contribution in [0.4, 0.5) is 0 Å². The van der Waals surface area contributed by atoms with Gasteiger partial charge in [-0.15, -0.1) is 0 Å². The second-order valence-corrected chi connectivity index (χ2v) is 6.93. The van der Waals surface area contributed by atoms with Gasteiger partial charge < -0.3 is 9.64 Å². The molecule has 0 aromatic heterocycles. The Morgan fingerprint density at radius 2 is 1.75 bits per heavy atom. The molecule has 0 aliphatic carbocycles. The predicted octanol–water partition coefficient (Wildman–Crippen LogP) is 3.66. The van der Waals surface area contributed by atoms with E-state index in [1.807, 2.05) is 24.3 Å². The third-order valence-electron chi connectivity index (χ3n) is 5.17. The summed E-state index contributed by atoms with van der Waals surface area (Å²) in [6.45, 7) is 2.26. The van der Waals surface area contributed by atoms with Gasteiger partial charge in [0.2, 0.25) is 0 Å². The molecule has 136 valence electrons. The molecular weight excluding hydrogens is 344 g/mol. The fraction of sp³-hybridized carbons (Fsp3) is 0.120. The van der Waals surface area contributed by atoms with Gasteiger partial charge >= 0.3 is 0 Å². The van der Waals surface area contributed by atoms with E-state index in [2.05, 4.69) is 70.2 Å². The third kappa shape index (κ3) is 3.13. The lowest BCUT2D eigenvalue weighted by Crippen LogP contribution is -2.34. The van der Waals surface area contributed by atoms with Gasteiger partial charge in [0.1, 0.15) is 12.4 Å². The summed E-state index contributed by atoms with van der Waals surface area (Å²) in [4.78, 5) is 6.87. The van der Waals surface area contributed by atoms with Crippen molar-refractivity contribution >= 4 is 5.70 Å². The van der Waals surface area contributed by atoms with Crippen molar-refractivity contribution in [3.63, 3.8) is 0 Å². The summed E-state index contributed by atoms with van der Waals surface area (Å²) in [6.07, 6.45) is 3.77. The Morgan fingerprint density at radius 3 is 2.68 bits per heavy atom. The Labute approximate surface area is 164 Å². The van der Waals surface area contributed by atoms with Crippen LogP contribution in [0.5, 0.6) is 5.75 Å². The summed E-state index contributed by atoms with van der Waals surface area (Å²) < 4.78 is 6.06. The zero-order valence-corrected chi connectivity index (χ0v) is 15.5. The van der Waals surface area contributed by atoms with Gasteiger partial charge in [0.25, 0.3) is 0 Å². The van der Waals surface area contributed by atoms with Gasteiger partial charge in [0.05, 0.1) is 23.8 Å². The summed E-state index contributed by atoms with van der Waals surface area (Å²) in [5, 5.41) is 2.11. The van der Waals surface area contributed by atoms with Gasteiger partial charge in [-0.3, -0.25) is 0 Å². The zero-order valence-electron chi connectivity index (χ0n) is 15.5. The average molecular weight is 364 g/mol. The number of hydrogen-bond acceptors (Lipinski definition) is 3. The summed E-state index contributed by atoms with van der Waals surface area (Å²) in [5.41, 5.74) is 7.95. The van der Waals surface area contributed by atoms with Crippen LogP contribution in [0, 0.1) is 0 Å². The molecule has 2 heterocycles. The minimum absolute atomic E-state index is 0.651. The van der Waals surface area contributed by atoms with Gasteiger partial charge in [-0.25, -0.2) is 4.99 Å². The predicted molar refractivity (Wildman–Crippen MR) is 111 cm³/mol. The van der Waals surface area contributed by atoms with Crippen molar-refractivity contribution in [3.8, 4) is 16.9 Å². The lowest BCUT2D eigenvalue weighted by atomic mass is 10.0. The highest BCUT2D eigenvalue weighted by Crippen LogP contribution is 2.30. The molecule has 2 aliphatic heterocycles. The van der Waals surface area contributed by atoms with E-state index >= 15 is 0 Å². The van der Waals surface area contributed by atoms with E-state index in [1.165, 1.54) is 16.7 Å². The molecule has 3 heteroatoms. The van der Waals surface area contributed by atoms with Crippen LogP contribution in [-0.2, 0) is 6.54 Å². The van der Waals surface area contributed by atoms with E-state index in [0.717, 1.165) is 35.1 Å². The summed E-state index contributed by atoms with van der Waals surface area (Å²) >= 11 is 0. The largest absolute Gasteiger partial charge is 0.491 e. The van der Waals surface area contributed by atoms with Crippen molar-refractivity contribution in [1.82, 2.24) is 4.90 Å². The lowest BCUT2D eigenvalue weighted by molar-refractivity contribution is 0.283. The van der Waals surface area contributed by atoms with Crippen LogP contribution in [0.1, 0.15) is 5.56 Å². The van der Waals surface area contributed by atoms with Crippen LogP contribution in [0.2, 0.25) is 0 Å². The quantitative estimate of drug-likeness (QED) is 0.649. The molecule has 5 rings (SSSR count). The molecule has 0 radical (unpaired) electrons. The van der Waals surface area contributed by atoms with Crippen molar-refractivity contribution in [2.75, 3.05) is 13.2 Å². The number of nitrogens with zero attached hydrogens (tertiary/aromatic N) is 2. The van der Waals surface area contributed by atoms with E-state index in [1.54, 1.807) is 6.20 Å². The van der Waals surface area contributed by atoms with E-state index < -0.39 is 0 Å². The summed E-state index contributed by atoms with van der Waals surface area (Å²) in [5.74, 6) is 0.967. The maximum atomic E-state index is 6.06. The number of ether oxygens (including phenoxy) is 1. The molecule has 0 bridgehead atoms. The van der Waals surface area contributed by atoms with Crippen molar-refractivity contribution < 1.29 is 4.74 Å². The van der Waals surface area contributed by atoms with Crippen LogP contribution in [0.25, 0.3) is 16.8 Å². The first-order valence-electron chi connectivity index (χ1n) is 9.53. The normalized spacial score (nSPS) is 15.0. The average Bonchev–Trinajstić information content (AvgIpc) is 3.09. The first kappa shape index (κ1) is 16.6. The van der Waals surface area contributed by atoms with Crippen molar-refractivity contribution in [2.45, 2.75) is 6.54 Å². The molecule has 0 saturated carbocycles. The van der Waals surface area contributed by atoms with E-state index in [-0.39, 0.29) is 0 Å². The number of para-hydroxylation sites is 1. The number of rotatable bonds is 2. The SMILES string of the molecule is C1=CN=c2ccccc2=C(N2CCOc3ccc(-c4ccccc4)cc3C2)C=1. The van der Waals surface area contributed by atoms with Crippen LogP contribution in [0.3, 0.4) is 0 Å². The van der Waals surface area contributed by atoms with E-state index in [9.17, 15) is 0 Å². The highest BCUT2D eigenvalue weighted by atomic mass is 16.5. The van der Waals surface area contributed by atoms with Gasteiger partial charge in [-0.1, -0.05) is 60.3 Å². The third-order valence-corrected chi connectivity index (χ3v) is 5.17. The molecule has 3 nitrogen and oxygen atoms in total. The number of hydrogen-bond donors (Lipinski definition) is 0. The molecule has 0 unspecified atom stereocenters. The molecule has 0 spiro atoms. The van der Waals surface area contributed by atoms with E-state index in [4.69, 9.17) is 4.74 Å². The Balaban J connectivity index is 1.59. The molecule has 0 fully saturated rings. The maximum Gasteiger partial charge on any atom is 0.124 e. The fourth-order valence-corrected chi connectivity index (χ4v) is 3.78.